The summed E-state index contributed by atoms with van der Waals surface area (Å²) >= 11 is 0. The molecule has 0 saturated carbocycles. The molecule has 0 radical (unpaired) electrons. The Hall–Kier alpha value is -1.44. The molecule has 0 saturated heterocycles. The van der Waals surface area contributed by atoms with Gasteiger partial charge in [-0.15, -0.1) is 0 Å². The van der Waals surface area contributed by atoms with Crippen molar-refractivity contribution in [3.05, 3.63) is 36.9 Å². The van der Waals surface area contributed by atoms with Crippen LogP contribution in [0.15, 0.2) is 36.9 Å². The van der Waals surface area contributed by atoms with Crippen LogP contribution in [0, 0.1) is 0 Å². The summed E-state index contributed by atoms with van der Waals surface area (Å²) in [7, 11) is 0. The van der Waals surface area contributed by atoms with Crippen LogP contribution in [0.2, 0.25) is 0 Å². The van der Waals surface area contributed by atoms with Crippen molar-refractivity contribution in [2.24, 2.45) is 0 Å². The van der Waals surface area contributed by atoms with Gasteiger partial charge < -0.3 is 9.47 Å². The van der Waals surface area contributed by atoms with E-state index in [0.717, 1.165) is 11.5 Å². The van der Waals surface area contributed by atoms with Crippen LogP contribution in [-0.2, 0) is 0 Å². The van der Waals surface area contributed by atoms with Crippen LogP contribution in [0.5, 0.6) is 11.5 Å². The molecule has 2 nitrogen and oxygen atoms in total. The minimum atomic E-state index is -0.340. The summed E-state index contributed by atoms with van der Waals surface area (Å²) in [6.45, 7) is 10.3. The second-order valence-electron chi connectivity index (χ2n) is 3.81. The summed E-state index contributed by atoms with van der Waals surface area (Å²) in [5, 5.41) is 0. The Morgan fingerprint density at radius 1 is 1.20 bits per heavy atom. The third-order valence-electron chi connectivity index (χ3n) is 2.01. The Labute approximate surface area is 91.5 Å². The maximum atomic E-state index is 5.71. The topological polar surface area (TPSA) is 18.5 Å². The Bertz CT molecular complexity index is 312. The highest BCUT2D eigenvalue weighted by atomic mass is 16.5. The van der Waals surface area contributed by atoms with Crippen molar-refractivity contribution in [2.45, 2.75) is 26.4 Å². The summed E-state index contributed by atoms with van der Waals surface area (Å²) in [6.07, 6.45) is 1.78. The molecule has 0 spiro atoms. The molecule has 1 aromatic rings. The van der Waals surface area contributed by atoms with E-state index >= 15 is 0 Å². The average Bonchev–Trinajstić information content (AvgIpc) is 2.21. The van der Waals surface area contributed by atoms with Crippen molar-refractivity contribution in [3.8, 4) is 11.5 Å². The third kappa shape index (κ3) is 3.66. The lowest BCUT2D eigenvalue weighted by Crippen LogP contribution is -2.24. The molecule has 0 unspecified atom stereocenters. The normalized spacial score (nSPS) is 10.9. The van der Waals surface area contributed by atoms with Gasteiger partial charge in [0.15, 0.2) is 0 Å². The van der Waals surface area contributed by atoms with E-state index in [-0.39, 0.29) is 5.60 Å². The van der Waals surface area contributed by atoms with Crippen LogP contribution < -0.4 is 9.47 Å². The first-order valence-corrected chi connectivity index (χ1v) is 5.13. The SMILES string of the molecule is C=CC(C)(C)Oc1ccc(OCC)cc1. The summed E-state index contributed by atoms with van der Waals surface area (Å²) in [6, 6.07) is 7.60. The highest BCUT2D eigenvalue weighted by molar-refractivity contribution is 5.31. The smallest absolute Gasteiger partial charge is 0.121 e. The third-order valence-corrected chi connectivity index (χ3v) is 2.01. The van der Waals surface area contributed by atoms with Crippen molar-refractivity contribution in [3.63, 3.8) is 0 Å². The van der Waals surface area contributed by atoms with E-state index in [2.05, 4.69) is 6.58 Å². The number of hydrogen-bond donors (Lipinski definition) is 0. The van der Waals surface area contributed by atoms with Crippen LogP contribution >= 0.6 is 0 Å². The van der Waals surface area contributed by atoms with Gasteiger partial charge in [0.05, 0.1) is 6.61 Å². The molecule has 0 aliphatic carbocycles. The van der Waals surface area contributed by atoms with Gasteiger partial charge in [0.2, 0.25) is 0 Å². The number of benzene rings is 1. The van der Waals surface area contributed by atoms with E-state index in [1.807, 2.05) is 45.0 Å². The molecule has 0 bridgehead atoms. The molecule has 82 valence electrons. The number of hydrogen-bond acceptors (Lipinski definition) is 2. The highest BCUT2D eigenvalue weighted by Crippen LogP contribution is 2.22. The van der Waals surface area contributed by atoms with Gasteiger partial charge in [-0.25, -0.2) is 0 Å². The van der Waals surface area contributed by atoms with E-state index < -0.39 is 0 Å². The van der Waals surface area contributed by atoms with Gasteiger partial charge in [-0.2, -0.15) is 0 Å². The number of ether oxygens (including phenoxy) is 2. The summed E-state index contributed by atoms with van der Waals surface area (Å²) in [4.78, 5) is 0. The minimum absolute atomic E-state index is 0.340. The molecule has 0 fully saturated rings. The fourth-order valence-corrected chi connectivity index (χ4v) is 1.12. The van der Waals surface area contributed by atoms with Gasteiger partial charge >= 0.3 is 0 Å². The molecule has 1 rings (SSSR count). The van der Waals surface area contributed by atoms with Gasteiger partial charge in [0.25, 0.3) is 0 Å². The van der Waals surface area contributed by atoms with Crippen molar-refractivity contribution in [1.82, 2.24) is 0 Å². The Balaban J connectivity index is 2.68. The van der Waals surface area contributed by atoms with Crippen LogP contribution in [0.1, 0.15) is 20.8 Å². The van der Waals surface area contributed by atoms with Gasteiger partial charge in [-0.3, -0.25) is 0 Å². The highest BCUT2D eigenvalue weighted by Gasteiger charge is 2.14. The lowest BCUT2D eigenvalue weighted by Gasteiger charge is -2.22. The maximum Gasteiger partial charge on any atom is 0.121 e. The van der Waals surface area contributed by atoms with Gasteiger partial charge in [-0.1, -0.05) is 6.58 Å². The first kappa shape index (κ1) is 11.6. The largest absolute Gasteiger partial charge is 0.494 e. The van der Waals surface area contributed by atoms with Crippen molar-refractivity contribution in [2.75, 3.05) is 6.61 Å². The van der Waals surface area contributed by atoms with E-state index in [4.69, 9.17) is 9.47 Å². The van der Waals surface area contributed by atoms with E-state index in [0.29, 0.717) is 6.61 Å². The molecular weight excluding hydrogens is 188 g/mol. The van der Waals surface area contributed by atoms with E-state index in [1.54, 1.807) is 6.08 Å². The first-order valence-electron chi connectivity index (χ1n) is 5.13. The second kappa shape index (κ2) is 4.87. The zero-order chi connectivity index (χ0) is 11.3. The van der Waals surface area contributed by atoms with Crippen molar-refractivity contribution >= 4 is 0 Å². The van der Waals surface area contributed by atoms with Gasteiger partial charge in [-0.05, 0) is 51.1 Å². The van der Waals surface area contributed by atoms with Crippen molar-refractivity contribution < 1.29 is 9.47 Å². The molecule has 0 atom stereocenters. The molecule has 15 heavy (non-hydrogen) atoms. The molecule has 2 heteroatoms. The lowest BCUT2D eigenvalue weighted by atomic mass is 10.1. The standard InChI is InChI=1S/C13H18O2/c1-5-13(3,4)15-12-9-7-11(8-10-12)14-6-2/h5,7-10H,1,6H2,2-4H3. The van der Waals surface area contributed by atoms with Gasteiger partial charge in [0, 0.05) is 0 Å². The first-order chi connectivity index (χ1) is 7.07. The zero-order valence-corrected chi connectivity index (χ0v) is 9.62. The predicted octanol–water partition coefficient (Wildman–Crippen LogP) is 3.43. The molecular formula is C13H18O2. The Morgan fingerprint density at radius 3 is 2.20 bits per heavy atom. The van der Waals surface area contributed by atoms with Crippen LogP contribution in [0.25, 0.3) is 0 Å². The summed E-state index contributed by atoms with van der Waals surface area (Å²) in [5.74, 6) is 1.68. The summed E-state index contributed by atoms with van der Waals surface area (Å²) in [5.41, 5.74) is -0.340. The Morgan fingerprint density at radius 2 is 1.73 bits per heavy atom. The van der Waals surface area contributed by atoms with E-state index in [9.17, 15) is 0 Å². The predicted molar refractivity (Wildman–Crippen MR) is 62.5 cm³/mol. The minimum Gasteiger partial charge on any atom is -0.494 e. The molecule has 0 aliphatic heterocycles. The van der Waals surface area contributed by atoms with Crippen LogP contribution in [0.3, 0.4) is 0 Å². The lowest BCUT2D eigenvalue weighted by molar-refractivity contribution is 0.162. The molecule has 0 amide bonds. The fraction of sp³-hybridized carbons (Fsp3) is 0.385. The molecule has 0 N–H and O–H groups in total. The average molecular weight is 206 g/mol. The molecule has 1 aromatic carbocycles. The molecule has 0 heterocycles. The number of rotatable bonds is 5. The molecule has 0 aliphatic rings. The monoisotopic (exact) mass is 206 g/mol. The molecule has 0 aromatic heterocycles. The maximum absolute atomic E-state index is 5.71. The van der Waals surface area contributed by atoms with Crippen LogP contribution in [-0.4, -0.2) is 12.2 Å². The van der Waals surface area contributed by atoms with Gasteiger partial charge in [0.1, 0.15) is 17.1 Å². The quantitative estimate of drug-likeness (QED) is 0.687. The zero-order valence-electron chi connectivity index (χ0n) is 9.62. The Kier molecular flexibility index (Phi) is 3.78. The fourth-order valence-electron chi connectivity index (χ4n) is 1.12. The second-order valence-corrected chi connectivity index (χ2v) is 3.81. The van der Waals surface area contributed by atoms with Crippen molar-refractivity contribution in [1.29, 1.82) is 0 Å². The van der Waals surface area contributed by atoms with E-state index in [1.165, 1.54) is 0 Å². The summed E-state index contributed by atoms with van der Waals surface area (Å²) < 4.78 is 11.1. The van der Waals surface area contributed by atoms with Crippen LogP contribution in [0.4, 0.5) is 0 Å².